The van der Waals surface area contributed by atoms with Gasteiger partial charge in [-0.15, -0.1) is 0 Å². The van der Waals surface area contributed by atoms with Crippen LogP contribution >= 0.6 is 23.2 Å². The molecule has 1 aromatic carbocycles. The van der Waals surface area contributed by atoms with Crippen molar-refractivity contribution in [2.24, 2.45) is 5.92 Å². The summed E-state index contributed by atoms with van der Waals surface area (Å²) in [5.41, 5.74) is 4.35. The van der Waals surface area contributed by atoms with Crippen LogP contribution in [0.1, 0.15) is 50.9 Å². The summed E-state index contributed by atoms with van der Waals surface area (Å²) in [7, 11) is 0. The number of fused-ring (bicyclic) bond motifs is 3. The highest BCUT2D eigenvalue weighted by Gasteiger charge is 2.29. The van der Waals surface area contributed by atoms with Crippen LogP contribution in [0.2, 0.25) is 10.0 Å². The molecule has 4 heterocycles. The number of aromatic nitrogens is 3. The molecule has 32 heavy (non-hydrogen) atoms. The van der Waals surface area contributed by atoms with Crippen molar-refractivity contribution < 1.29 is 14.3 Å². The first kappa shape index (κ1) is 21.8. The number of rotatable bonds is 5. The van der Waals surface area contributed by atoms with Crippen LogP contribution in [0.4, 0.5) is 0 Å². The molecular weight excluding hydrogens is 449 g/mol. The number of benzene rings is 1. The van der Waals surface area contributed by atoms with Crippen LogP contribution in [0.25, 0.3) is 22.0 Å². The van der Waals surface area contributed by atoms with E-state index in [2.05, 4.69) is 15.9 Å². The van der Waals surface area contributed by atoms with Gasteiger partial charge in [0.1, 0.15) is 6.23 Å². The summed E-state index contributed by atoms with van der Waals surface area (Å²) < 4.78 is 15.3. The molecule has 0 saturated carbocycles. The average Bonchev–Trinajstić information content (AvgIpc) is 3.40. The van der Waals surface area contributed by atoms with Crippen molar-refractivity contribution in [1.29, 1.82) is 0 Å². The van der Waals surface area contributed by atoms with Crippen LogP contribution in [0.3, 0.4) is 0 Å². The molecule has 5 rings (SSSR count). The minimum absolute atomic E-state index is 0.00537. The second-order valence-electron chi connectivity index (χ2n) is 8.63. The van der Waals surface area contributed by atoms with Crippen LogP contribution in [-0.2, 0) is 27.2 Å². The minimum atomic E-state index is -0.143. The Labute approximate surface area is 197 Å². The molecule has 2 unspecified atom stereocenters. The van der Waals surface area contributed by atoms with E-state index in [1.165, 1.54) is 5.69 Å². The first-order valence-electron chi connectivity index (χ1n) is 11.4. The van der Waals surface area contributed by atoms with Crippen LogP contribution < -0.4 is 0 Å². The Hall–Kier alpha value is -2.02. The van der Waals surface area contributed by atoms with E-state index in [1.807, 2.05) is 29.9 Å². The van der Waals surface area contributed by atoms with E-state index in [4.69, 9.17) is 32.7 Å². The molecule has 0 spiro atoms. The Kier molecular flexibility index (Phi) is 6.19. The summed E-state index contributed by atoms with van der Waals surface area (Å²) in [5, 5.41) is 6.78. The van der Waals surface area contributed by atoms with E-state index in [0.717, 1.165) is 60.7 Å². The Morgan fingerprint density at radius 1 is 1.28 bits per heavy atom. The summed E-state index contributed by atoms with van der Waals surface area (Å²) in [6.45, 7) is 3.73. The maximum absolute atomic E-state index is 12.1. The van der Waals surface area contributed by atoms with Gasteiger partial charge < -0.3 is 14.0 Å². The SMILES string of the molecule is CCOC(=O)CC1CCc2c(-c3cnn(C4CCCCO4)c3)c3ccc(Cl)c(Cl)c3n2C1. The monoisotopic (exact) mass is 475 g/mol. The van der Waals surface area contributed by atoms with E-state index in [-0.39, 0.29) is 18.1 Å². The third-order valence-electron chi connectivity index (χ3n) is 6.55. The molecule has 6 nitrogen and oxygen atoms in total. The Morgan fingerprint density at radius 3 is 2.94 bits per heavy atom. The summed E-state index contributed by atoms with van der Waals surface area (Å²) >= 11 is 13.1. The van der Waals surface area contributed by atoms with Crippen molar-refractivity contribution in [2.45, 2.75) is 58.2 Å². The van der Waals surface area contributed by atoms with Gasteiger partial charge in [0.05, 0.1) is 34.8 Å². The summed E-state index contributed by atoms with van der Waals surface area (Å²) in [6, 6.07) is 3.89. The number of hydrogen-bond donors (Lipinski definition) is 0. The molecule has 2 aliphatic rings. The lowest BCUT2D eigenvalue weighted by Crippen LogP contribution is -2.23. The second-order valence-corrected chi connectivity index (χ2v) is 9.42. The van der Waals surface area contributed by atoms with E-state index in [1.54, 1.807) is 0 Å². The molecule has 1 saturated heterocycles. The highest BCUT2D eigenvalue weighted by Crippen LogP contribution is 2.44. The number of hydrogen-bond acceptors (Lipinski definition) is 4. The Bertz CT molecular complexity index is 1150. The van der Waals surface area contributed by atoms with Gasteiger partial charge in [-0.05, 0) is 51.0 Å². The van der Waals surface area contributed by atoms with E-state index in [9.17, 15) is 4.79 Å². The molecule has 1 fully saturated rings. The zero-order valence-electron chi connectivity index (χ0n) is 18.2. The second kappa shape index (κ2) is 9.08. The van der Waals surface area contributed by atoms with Gasteiger partial charge in [0.25, 0.3) is 0 Å². The maximum atomic E-state index is 12.1. The lowest BCUT2D eigenvalue weighted by atomic mass is 9.92. The molecule has 2 aromatic heterocycles. The van der Waals surface area contributed by atoms with Gasteiger partial charge >= 0.3 is 5.97 Å². The van der Waals surface area contributed by atoms with Gasteiger partial charge in [0, 0.05) is 41.6 Å². The molecule has 170 valence electrons. The van der Waals surface area contributed by atoms with Crippen molar-refractivity contribution in [3.63, 3.8) is 0 Å². The number of nitrogens with zero attached hydrogens (tertiary/aromatic N) is 3. The number of carbonyl (C=O) groups is 1. The molecule has 0 bridgehead atoms. The van der Waals surface area contributed by atoms with Gasteiger partial charge in [-0.1, -0.05) is 29.3 Å². The van der Waals surface area contributed by atoms with Crippen molar-refractivity contribution in [3.05, 3.63) is 40.3 Å². The van der Waals surface area contributed by atoms with Gasteiger partial charge in [0.15, 0.2) is 0 Å². The molecule has 2 atom stereocenters. The predicted molar refractivity (Wildman–Crippen MR) is 125 cm³/mol. The summed E-state index contributed by atoms with van der Waals surface area (Å²) in [5.74, 6) is 0.0638. The third-order valence-corrected chi connectivity index (χ3v) is 7.35. The zero-order valence-corrected chi connectivity index (χ0v) is 19.7. The van der Waals surface area contributed by atoms with Crippen molar-refractivity contribution in [2.75, 3.05) is 13.2 Å². The summed E-state index contributed by atoms with van der Waals surface area (Å²) in [4.78, 5) is 12.1. The molecular formula is C24H27Cl2N3O3. The number of esters is 1. The fourth-order valence-electron chi connectivity index (χ4n) is 5.08. The van der Waals surface area contributed by atoms with Gasteiger partial charge in [-0.25, -0.2) is 4.68 Å². The van der Waals surface area contributed by atoms with E-state index in [0.29, 0.717) is 29.6 Å². The fraction of sp³-hybridized carbons (Fsp3) is 0.500. The number of carbonyl (C=O) groups excluding carboxylic acids is 1. The van der Waals surface area contributed by atoms with E-state index >= 15 is 0 Å². The standard InChI is InChI=1S/C24H27Cl2N3O3/c1-2-31-21(30)11-15-6-9-19-22(16-12-27-29(14-16)20-5-3-4-10-32-20)17-7-8-18(25)23(26)24(17)28(19)13-15/h7-8,12,14-15,20H,2-6,9-11,13H2,1H3. The van der Waals surface area contributed by atoms with Crippen LogP contribution in [-0.4, -0.2) is 33.5 Å². The van der Waals surface area contributed by atoms with Crippen molar-refractivity contribution >= 4 is 40.1 Å². The molecule has 3 aromatic rings. The van der Waals surface area contributed by atoms with Crippen LogP contribution in [0.15, 0.2) is 24.5 Å². The molecule has 0 aliphatic carbocycles. The van der Waals surface area contributed by atoms with Gasteiger partial charge in [-0.3, -0.25) is 4.79 Å². The lowest BCUT2D eigenvalue weighted by Gasteiger charge is -2.25. The maximum Gasteiger partial charge on any atom is 0.306 e. The van der Waals surface area contributed by atoms with Crippen molar-refractivity contribution in [3.8, 4) is 11.1 Å². The smallest absolute Gasteiger partial charge is 0.306 e. The first-order chi connectivity index (χ1) is 15.6. The van der Waals surface area contributed by atoms with Crippen LogP contribution in [0, 0.1) is 5.92 Å². The average molecular weight is 476 g/mol. The largest absolute Gasteiger partial charge is 0.466 e. The predicted octanol–water partition coefficient (Wildman–Crippen LogP) is 6.03. The molecule has 0 radical (unpaired) electrons. The van der Waals surface area contributed by atoms with Gasteiger partial charge in [-0.2, -0.15) is 5.10 Å². The number of halogens is 2. The minimum Gasteiger partial charge on any atom is -0.466 e. The fourth-order valence-corrected chi connectivity index (χ4v) is 5.50. The normalized spacial score (nSPS) is 21.0. The molecule has 0 amide bonds. The zero-order chi connectivity index (χ0) is 22.2. The number of ether oxygens (including phenoxy) is 2. The topological polar surface area (TPSA) is 58.3 Å². The quantitative estimate of drug-likeness (QED) is 0.422. The molecule has 8 heteroatoms. The summed E-state index contributed by atoms with van der Waals surface area (Å²) in [6.07, 6.45) is 9.42. The van der Waals surface area contributed by atoms with Gasteiger partial charge in [0.2, 0.25) is 0 Å². The highest BCUT2D eigenvalue weighted by molar-refractivity contribution is 6.45. The third kappa shape index (κ3) is 3.93. The lowest BCUT2D eigenvalue weighted by molar-refractivity contribution is -0.144. The van der Waals surface area contributed by atoms with Crippen LogP contribution in [0.5, 0.6) is 0 Å². The van der Waals surface area contributed by atoms with Crippen molar-refractivity contribution in [1.82, 2.24) is 14.3 Å². The molecule has 2 aliphatic heterocycles. The Morgan fingerprint density at radius 2 is 2.16 bits per heavy atom. The molecule has 0 N–H and O–H groups in total. The Balaban J connectivity index is 1.56. The highest BCUT2D eigenvalue weighted by atomic mass is 35.5. The van der Waals surface area contributed by atoms with E-state index < -0.39 is 0 Å². The first-order valence-corrected chi connectivity index (χ1v) is 12.1.